The van der Waals surface area contributed by atoms with Crippen molar-refractivity contribution in [1.82, 2.24) is 10.2 Å². The summed E-state index contributed by atoms with van der Waals surface area (Å²) in [4.78, 5) is 29.3. The van der Waals surface area contributed by atoms with Crippen LogP contribution in [-0.2, 0) is 22.6 Å². The van der Waals surface area contributed by atoms with Crippen molar-refractivity contribution in [3.05, 3.63) is 101 Å². The first-order valence-corrected chi connectivity index (χ1v) is 14.4. The number of ether oxygens (including phenoxy) is 1. The van der Waals surface area contributed by atoms with Crippen molar-refractivity contribution >= 4 is 23.4 Å². The van der Waals surface area contributed by atoms with E-state index in [0.717, 1.165) is 36.8 Å². The molecule has 0 radical (unpaired) electrons. The van der Waals surface area contributed by atoms with Crippen LogP contribution in [-0.4, -0.2) is 35.4 Å². The number of benzene rings is 3. The molecular weight excluding hydrogens is 508 g/mol. The number of nitrogens with one attached hydrogen (secondary N) is 1. The van der Waals surface area contributed by atoms with Gasteiger partial charge in [-0.2, -0.15) is 0 Å². The van der Waals surface area contributed by atoms with E-state index >= 15 is 0 Å². The van der Waals surface area contributed by atoms with Crippen molar-refractivity contribution in [2.24, 2.45) is 0 Å². The molecule has 1 N–H and O–H groups in total. The van der Waals surface area contributed by atoms with Gasteiger partial charge in [0.05, 0.1) is 0 Å². The van der Waals surface area contributed by atoms with E-state index in [9.17, 15) is 9.59 Å². The molecule has 0 aromatic heterocycles. The summed E-state index contributed by atoms with van der Waals surface area (Å²) in [6.45, 7) is 4.40. The van der Waals surface area contributed by atoms with E-state index in [2.05, 4.69) is 19.2 Å². The molecule has 1 atom stereocenters. The molecule has 0 aliphatic heterocycles. The van der Waals surface area contributed by atoms with E-state index < -0.39 is 6.04 Å². The van der Waals surface area contributed by atoms with E-state index in [4.69, 9.17) is 16.3 Å². The summed E-state index contributed by atoms with van der Waals surface area (Å²) in [5, 5.41) is 3.89. The van der Waals surface area contributed by atoms with Gasteiger partial charge in [-0.05, 0) is 59.7 Å². The van der Waals surface area contributed by atoms with E-state index in [0.29, 0.717) is 23.1 Å². The third-order valence-corrected chi connectivity index (χ3v) is 7.65. The number of hydrogen-bond donors (Lipinski definition) is 1. The minimum absolute atomic E-state index is 0.116. The second-order valence-corrected chi connectivity index (χ2v) is 11.1. The molecule has 0 bridgehead atoms. The van der Waals surface area contributed by atoms with Crippen LogP contribution in [0, 0.1) is 0 Å². The number of hydrogen-bond acceptors (Lipinski definition) is 3. The lowest BCUT2D eigenvalue weighted by molar-refractivity contribution is -0.143. The average Bonchev–Trinajstić information content (AvgIpc) is 2.96. The van der Waals surface area contributed by atoms with Crippen LogP contribution in [0.1, 0.15) is 68.6 Å². The molecule has 1 fully saturated rings. The molecule has 3 aromatic rings. The van der Waals surface area contributed by atoms with Crippen molar-refractivity contribution < 1.29 is 14.3 Å². The van der Waals surface area contributed by atoms with Gasteiger partial charge in [0, 0.05) is 24.0 Å². The summed E-state index contributed by atoms with van der Waals surface area (Å²) in [6.07, 6.45) is 5.81. The van der Waals surface area contributed by atoms with Gasteiger partial charge >= 0.3 is 0 Å². The Morgan fingerprint density at radius 1 is 0.897 bits per heavy atom. The van der Waals surface area contributed by atoms with Crippen molar-refractivity contribution in [2.75, 3.05) is 6.61 Å². The zero-order valence-electron chi connectivity index (χ0n) is 22.9. The molecule has 1 aliphatic rings. The summed E-state index contributed by atoms with van der Waals surface area (Å²) in [5.41, 5.74) is 3.11. The molecule has 1 saturated carbocycles. The molecule has 206 valence electrons. The molecular formula is C33H39ClN2O3. The maximum atomic E-state index is 13.8. The molecule has 0 unspecified atom stereocenters. The molecule has 1 aliphatic carbocycles. The topological polar surface area (TPSA) is 58.6 Å². The van der Waals surface area contributed by atoms with Crippen LogP contribution < -0.4 is 10.1 Å². The van der Waals surface area contributed by atoms with Gasteiger partial charge in [-0.3, -0.25) is 9.59 Å². The summed E-state index contributed by atoms with van der Waals surface area (Å²) in [7, 11) is 0. The lowest BCUT2D eigenvalue weighted by Gasteiger charge is -2.33. The predicted octanol–water partition coefficient (Wildman–Crippen LogP) is 6.93. The third-order valence-electron chi connectivity index (χ3n) is 7.40. The molecule has 6 heteroatoms. The smallest absolute Gasteiger partial charge is 0.261 e. The quantitative estimate of drug-likeness (QED) is 0.283. The molecule has 5 nitrogen and oxygen atoms in total. The zero-order valence-corrected chi connectivity index (χ0v) is 23.7. The minimum Gasteiger partial charge on any atom is -0.484 e. The van der Waals surface area contributed by atoms with Gasteiger partial charge in [0.15, 0.2) is 6.61 Å². The number of rotatable bonds is 11. The van der Waals surface area contributed by atoms with Crippen molar-refractivity contribution in [2.45, 2.75) is 76.9 Å². The number of nitrogens with zero attached hydrogens (tertiary/aromatic N) is 1. The van der Waals surface area contributed by atoms with Crippen LogP contribution in [0.5, 0.6) is 5.75 Å². The summed E-state index contributed by atoms with van der Waals surface area (Å²) < 4.78 is 5.93. The molecule has 3 aromatic carbocycles. The van der Waals surface area contributed by atoms with Crippen molar-refractivity contribution in [1.29, 1.82) is 0 Å². The summed E-state index contributed by atoms with van der Waals surface area (Å²) in [5.74, 6) is 0.689. The fourth-order valence-electron chi connectivity index (χ4n) is 5.06. The number of halogens is 1. The second-order valence-electron chi connectivity index (χ2n) is 10.7. The molecule has 4 rings (SSSR count). The van der Waals surface area contributed by atoms with Crippen LogP contribution in [0.25, 0.3) is 0 Å². The standard InChI is InChI=1S/C33H39ClN2O3/c1-24(2)27-15-19-30(20-16-27)39-23-32(37)36(22-26-13-17-28(34)18-14-26)31(21-25-9-5-3-6-10-25)33(38)35-29-11-7-4-8-12-29/h3,5-6,9-10,13-20,24,29,31H,4,7-8,11-12,21-23H2,1-2H3,(H,35,38)/t31-/m0/s1. The van der Waals surface area contributed by atoms with E-state index in [1.165, 1.54) is 12.0 Å². The maximum absolute atomic E-state index is 13.8. The highest BCUT2D eigenvalue weighted by Gasteiger charge is 2.32. The molecule has 39 heavy (non-hydrogen) atoms. The molecule has 0 saturated heterocycles. The van der Waals surface area contributed by atoms with Crippen LogP contribution in [0.2, 0.25) is 5.02 Å². The van der Waals surface area contributed by atoms with Gasteiger partial charge in [-0.1, -0.05) is 99.3 Å². The first kappa shape index (κ1) is 28.7. The Morgan fingerprint density at radius 2 is 1.56 bits per heavy atom. The molecule has 0 spiro atoms. The fraction of sp³-hybridized carbons (Fsp3) is 0.394. The van der Waals surface area contributed by atoms with Gasteiger partial charge in [-0.25, -0.2) is 0 Å². The van der Waals surface area contributed by atoms with E-state index in [1.54, 1.807) is 17.0 Å². The first-order valence-electron chi connectivity index (χ1n) is 14.0. The zero-order chi connectivity index (χ0) is 27.6. The Labute approximate surface area is 237 Å². The van der Waals surface area contributed by atoms with Crippen LogP contribution in [0.4, 0.5) is 0 Å². The van der Waals surface area contributed by atoms with Crippen molar-refractivity contribution in [3.8, 4) is 5.75 Å². The lowest BCUT2D eigenvalue weighted by Crippen LogP contribution is -2.53. The average molecular weight is 547 g/mol. The minimum atomic E-state index is -0.676. The Kier molecular flexibility index (Phi) is 10.4. The highest BCUT2D eigenvalue weighted by Crippen LogP contribution is 2.22. The highest BCUT2D eigenvalue weighted by atomic mass is 35.5. The third kappa shape index (κ3) is 8.59. The Morgan fingerprint density at radius 3 is 2.21 bits per heavy atom. The maximum Gasteiger partial charge on any atom is 0.261 e. The largest absolute Gasteiger partial charge is 0.484 e. The Balaban J connectivity index is 1.58. The van der Waals surface area contributed by atoms with Gasteiger partial charge in [-0.15, -0.1) is 0 Å². The van der Waals surface area contributed by atoms with Gasteiger partial charge < -0.3 is 15.0 Å². The highest BCUT2D eigenvalue weighted by molar-refractivity contribution is 6.30. The summed E-state index contributed by atoms with van der Waals surface area (Å²) in [6, 6.07) is 24.6. The second kappa shape index (κ2) is 14.2. The van der Waals surface area contributed by atoms with Gasteiger partial charge in [0.25, 0.3) is 5.91 Å². The number of carbonyl (C=O) groups is 2. The van der Waals surface area contributed by atoms with E-state index in [1.807, 2.05) is 66.7 Å². The summed E-state index contributed by atoms with van der Waals surface area (Å²) >= 11 is 6.12. The Bertz CT molecular complexity index is 1190. The Hall–Kier alpha value is -3.31. The van der Waals surface area contributed by atoms with Gasteiger partial charge in [0.2, 0.25) is 5.91 Å². The normalized spacial score (nSPS) is 14.6. The SMILES string of the molecule is CC(C)c1ccc(OCC(=O)N(Cc2ccc(Cl)cc2)[C@@H](Cc2ccccc2)C(=O)NC2CCCCC2)cc1. The van der Waals surface area contributed by atoms with Crippen molar-refractivity contribution in [3.63, 3.8) is 0 Å². The molecule has 2 amide bonds. The monoisotopic (exact) mass is 546 g/mol. The first-order chi connectivity index (χ1) is 18.9. The number of amides is 2. The number of carbonyl (C=O) groups excluding carboxylic acids is 2. The van der Waals surface area contributed by atoms with Crippen LogP contribution >= 0.6 is 11.6 Å². The van der Waals surface area contributed by atoms with Crippen LogP contribution in [0.3, 0.4) is 0 Å². The predicted molar refractivity (Wildman–Crippen MR) is 157 cm³/mol. The molecule has 0 heterocycles. The van der Waals surface area contributed by atoms with Crippen LogP contribution in [0.15, 0.2) is 78.9 Å². The van der Waals surface area contributed by atoms with E-state index in [-0.39, 0.29) is 31.0 Å². The fourth-order valence-corrected chi connectivity index (χ4v) is 5.19. The lowest BCUT2D eigenvalue weighted by atomic mass is 9.94. The van der Waals surface area contributed by atoms with Gasteiger partial charge in [0.1, 0.15) is 11.8 Å².